The molecule has 0 bridgehead atoms. The van der Waals surface area contributed by atoms with Crippen molar-refractivity contribution in [1.82, 2.24) is 0 Å². The van der Waals surface area contributed by atoms with Crippen LogP contribution in [0.3, 0.4) is 0 Å². The number of benzene rings is 4. The van der Waals surface area contributed by atoms with E-state index in [0.29, 0.717) is 6.10 Å². The molecule has 176 valence electrons. The van der Waals surface area contributed by atoms with Crippen molar-refractivity contribution >= 4 is 21.5 Å². The molecule has 34 heavy (non-hydrogen) atoms. The van der Waals surface area contributed by atoms with Gasteiger partial charge in [-0.15, -0.1) is 0 Å². The molecule has 1 unspecified atom stereocenters. The van der Waals surface area contributed by atoms with E-state index in [1.165, 1.54) is 70.3 Å². The molecule has 4 aromatic rings. The van der Waals surface area contributed by atoms with Gasteiger partial charge in [0.15, 0.2) is 0 Å². The fraction of sp³-hybridized carbons (Fsp3) is 0.394. The lowest BCUT2D eigenvalue weighted by Gasteiger charge is -2.37. The van der Waals surface area contributed by atoms with E-state index in [-0.39, 0.29) is 5.60 Å². The largest absolute Gasteiger partial charge is 0.368 e. The standard InChI is InChI=1S/C33H38O/c1-5-23(2)24-13-17-30(18-14-24)34-33(3,4)29-16-20-32-28(22-29)12-11-27-21-26(15-19-31(27)32)25-9-7-6-8-10-25/h6-12,15-16,19-24,30H,5,13-14,17-18H2,1-4H3. The van der Waals surface area contributed by atoms with Gasteiger partial charge in [-0.25, -0.2) is 0 Å². The van der Waals surface area contributed by atoms with Crippen LogP contribution in [0.4, 0.5) is 0 Å². The van der Waals surface area contributed by atoms with Crippen LogP contribution in [0, 0.1) is 11.8 Å². The van der Waals surface area contributed by atoms with E-state index in [0.717, 1.165) is 11.8 Å². The summed E-state index contributed by atoms with van der Waals surface area (Å²) in [6.45, 7) is 9.21. The normalized spacial score (nSPS) is 20.0. The lowest BCUT2D eigenvalue weighted by molar-refractivity contribution is -0.0954. The highest BCUT2D eigenvalue weighted by atomic mass is 16.5. The Kier molecular flexibility index (Phi) is 6.49. The van der Waals surface area contributed by atoms with Gasteiger partial charge >= 0.3 is 0 Å². The topological polar surface area (TPSA) is 9.23 Å². The predicted octanol–water partition coefficient (Wildman–Crippen LogP) is 9.52. The van der Waals surface area contributed by atoms with Crippen LogP contribution in [-0.4, -0.2) is 6.10 Å². The molecule has 1 aliphatic rings. The van der Waals surface area contributed by atoms with Gasteiger partial charge in [-0.1, -0.05) is 87.0 Å². The molecule has 1 atom stereocenters. The fourth-order valence-electron chi connectivity index (χ4n) is 5.85. The molecule has 1 saturated carbocycles. The smallest absolute Gasteiger partial charge is 0.0879 e. The molecular formula is C33H38O. The van der Waals surface area contributed by atoms with Crippen LogP contribution in [0.2, 0.25) is 0 Å². The summed E-state index contributed by atoms with van der Waals surface area (Å²) < 4.78 is 6.73. The lowest BCUT2D eigenvalue weighted by Crippen LogP contribution is -2.32. The monoisotopic (exact) mass is 450 g/mol. The zero-order chi connectivity index (χ0) is 23.7. The number of hydrogen-bond acceptors (Lipinski definition) is 1. The summed E-state index contributed by atoms with van der Waals surface area (Å²) in [6, 6.07) is 28.9. The molecule has 1 fully saturated rings. The number of hydrogen-bond donors (Lipinski definition) is 0. The number of rotatable bonds is 6. The maximum absolute atomic E-state index is 6.73. The summed E-state index contributed by atoms with van der Waals surface area (Å²) in [5.41, 5.74) is 3.51. The van der Waals surface area contributed by atoms with Gasteiger partial charge in [0.1, 0.15) is 0 Å². The van der Waals surface area contributed by atoms with Gasteiger partial charge in [0, 0.05) is 0 Å². The van der Waals surface area contributed by atoms with Crippen LogP contribution in [0.5, 0.6) is 0 Å². The molecular weight excluding hydrogens is 412 g/mol. The first kappa shape index (κ1) is 23.1. The third-order valence-electron chi connectivity index (χ3n) is 8.27. The Hall–Kier alpha value is -2.64. The summed E-state index contributed by atoms with van der Waals surface area (Å²) in [7, 11) is 0. The van der Waals surface area contributed by atoms with E-state index in [9.17, 15) is 0 Å². The highest BCUT2D eigenvalue weighted by molar-refractivity contribution is 6.08. The van der Waals surface area contributed by atoms with E-state index in [2.05, 4.69) is 107 Å². The molecule has 5 rings (SSSR count). The average molecular weight is 451 g/mol. The second kappa shape index (κ2) is 9.55. The van der Waals surface area contributed by atoms with Gasteiger partial charge in [-0.05, 0) is 102 Å². The molecule has 0 amide bonds. The highest BCUT2D eigenvalue weighted by Crippen LogP contribution is 2.38. The number of ether oxygens (including phenoxy) is 1. The van der Waals surface area contributed by atoms with E-state index < -0.39 is 0 Å². The maximum atomic E-state index is 6.73. The quantitative estimate of drug-likeness (QED) is 0.266. The third-order valence-corrected chi connectivity index (χ3v) is 8.27. The SMILES string of the molecule is CCC(C)C1CCC(OC(C)(C)c2ccc3c(ccc4cc(-c5ccccc5)ccc43)c2)CC1. The Bertz CT molecular complexity index is 1260. The zero-order valence-electron chi connectivity index (χ0n) is 21.2. The van der Waals surface area contributed by atoms with Gasteiger partial charge in [-0.2, -0.15) is 0 Å². The fourth-order valence-corrected chi connectivity index (χ4v) is 5.85. The van der Waals surface area contributed by atoms with Gasteiger partial charge in [0.2, 0.25) is 0 Å². The molecule has 0 N–H and O–H groups in total. The first-order valence-corrected chi connectivity index (χ1v) is 13.1. The molecule has 0 aliphatic heterocycles. The van der Waals surface area contributed by atoms with Gasteiger partial charge in [-0.3, -0.25) is 0 Å². The number of fused-ring (bicyclic) bond motifs is 3. The Morgan fingerprint density at radius 1 is 0.765 bits per heavy atom. The van der Waals surface area contributed by atoms with E-state index in [4.69, 9.17) is 4.74 Å². The van der Waals surface area contributed by atoms with Crippen molar-refractivity contribution in [1.29, 1.82) is 0 Å². The molecule has 0 radical (unpaired) electrons. The van der Waals surface area contributed by atoms with Gasteiger partial charge in [0.05, 0.1) is 11.7 Å². The molecule has 0 spiro atoms. The van der Waals surface area contributed by atoms with E-state index >= 15 is 0 Å². The minimum Gasteiger partial charge on any atom is -0.368 e. The molecule has 0 heterocycles. The summed E-state index contributed by atoms with van der Waals surface area (Å²) in [5, 5.41) is 5.20. The molecule has 1 aliphatic carbocycles. The van der Waals surface area contributed by atoms with Crippen molar-refractivity contribution in [3.63, 3.8) is 0 Å². The van der Waals surface area contributed by atoms with E-state index in [1.54, 1.807) is 0 Å². The Morgan fingerprint density at radius 2 is 1.41 bits per heavy atom. The molecule has 4 aromatic carbocycles. The van der Waals surface area contributed by atoms with Crippen LogP contribution in [0.25, 0.3) is 32.7 Å². The van der Waals surface area contributed by atoms with Crippen LogP contribution in [-0.2, 0) is 10.3 Å². The highest BCUT2D eigenvalue weighted by Gasteiger charge is 2.30. The second-order valence-electron chi connectivity index (χ2n) is 10.9. The zero-order valence-corrected chi connectivity index (χ0v) is 21.2. The first-order valence-electron chi connectivity index (χ1n) is 13.1. The summed E-state index contributed by atoms with van der Waals surface area (Å²) in [4.78, 5) is 0. The molecule has 1 heteroatoms. The van der Waals surface area contributed by atoms with Crippen LogP contribution < -0.4 is 0 Å². The van der Waals surface area contributed by atoms with Crippen molar-refractivity contribution in [2.75, 3.05) is 0 Å². The Morgan fingerprint density at radius 3 is 2.09 bits per heavy atom. The Balaban J connectivity index is 1.37. The van der Waals surface area contributed by atoms with Crippen molar-refractivity contribution in [3.8, 4) is 11.1 Å². The maximum Gasteiger partial charge on any atom is 0.0879 e. The summed E-state index contributed by atoms with van der Waals surface area (Å²) >= 11 is 0. The minimum absolute atomic E-state index is 0.284. The third kappa shape index (κ3) is 4.64. The average Bonchev–Trinajstić information content (AvgIpc) is 2.88. The second-order valence-corrected chi connectivity index (χ2v) is 10.9. The summed E-state index contributed by atoms with van der Waals surface area (Å²) in [6.07, 6.45) is 6.68. The lowest BCUT2D eigenvalue weighted by atomic mass is 9.78. The van der Waals surface area contributed by atoms with Crippen LogP contribution >= 0.6 is 0 Å². The first-order chi connectivity index (χ1) is 16.4. The van der Waals surface area contributed by atoms with Crippen molar-refractivity contribution in [3.05, 3.63) is 84.4 Å². The van der Waals surface area contributed by atoms with Crippen LogP contribution in [0.1, 0.15) is 65.4 Å². The Labute approximate surface area is 205 Å². The molecule has 0 saturated heterocycles. The summed E-state index contributed by atoms with van der Waals surface area (Å²) in [5.74, 6) is 1.72. The van der Waals surface area contributed by atoms with Crippen molar-refractivity contribution in [2.45, 2.75) is 71.5 Å². The predicted molar refractivity (Wildman–Crippen MR) is 146 cm³/mol. The van der Waals surface area contributed by atoms with Gasteiger partial charge in [0.25, 0.3) is 0 Å². The van der Waals surface area contributed by atoms with Crippen LogP contribution in [0.15, 0.2) is 78.9 Å². The van der Waals surface area contributed by atoms with Crippen molar-refractivity contribution < 1.29 is 4.74 Å². The molecule has 1 nitrogen and oxygen atoms in total. The minimum atomic E-state index is -0.284. The van der Waals surface area contributed by atoms with Crippen molar-refractivity contribution in [2.24, 2.45) is 11.8 Å². The van der Waals surface area contributed by atoms with E-state index in [1.807, 2.05) is 0 Å². The molecule has 0 aromatic heterocycles. The van der Waals surface area contributed by atoms with Gasteiger partial charge < -0.3 is 4.74 Å².